The van der Waals surface area contributed by atoms with Crippen LogP contribution in [0.1, 0.15) is 31.7 Å². The van der Waals surface area contributed by atoms with Crippen molar-refractivity contribution in [1.82, 2.24) is 10.2 Å². The molecule has 1 unspecified atom stereocenters. The van der Waals surface area contributed by atoms with Crippen LogP contribution in [-0.2, 0) is 11.3 Å². The van der Waals surface area contributed by atoms with Gasteiger partial charge in [-0.3, -0.25) is 4.99 Å². The van der Waals surface area contributed by atoms with Crippen molar-refractivity contribution in [1.29, 1.82) is 0 Å². The second-order valence-corrected chi connectivity index (χ2v) is 7.85. The van der Waals surface area contributed by atoms with Crippen LogP contribution >= 0.6 is 0 Å². The molecular formula is C21H34N4O. The van der Waals surface area contributed by atoms with E-state index in [1.54, 1.807) is 0 Å². The monoisotopic (exact) mass is 358 g/mol. The Morgan fingerprint density at radius 3 is 2.58 bits per heavy atom. The van der Waals surface area contributed by atoms with E-state index in [0.29, 0.717) is 5.92 Å². The van der Waals surface area contributed by atoms with Gasteiger partial charge in [-0.2, -0.15) is 0 Å². The quantitative estimate of drug-likeness (QED) is 0.649. The van der Waals surface area contributed by atoms with Gasteiger partial charge in [0.15, 0.2) is 5.96 Å². The van der Waals surface area contributed by atoms with Gasteiger partial charge in [-0.25, -0.2) is 0 Å². The molecule has 0 saturated carbocycles. The number of benzene rings is 1. The number of ether oxygens (including phenoxy) is 1. The van der Waals surface area contributed by atoms with Crippen molar-refractivity contribution in [3.05, 3.63) is 29.8 Å². The van der Waals surface area contributed by atoms with Crippen molar-refractivity contribution in [3.8, 4) is 0 Å². The van der Waals surface area contributed by atoms with E-state index in [0.717, 1.165) is 44.6 Å². The molecule has 1 aromatic carbocycles. The maximum absolute atomic E-state index is 5.48. The van der Waals surface area contributed by atoms with Crippen LogP contribution in [0.3, 0.4) is 0 Å². The summed E-state index contributed by atoms with van der Waals surface area (Å²) in [5.41, 5.74) is 2.64. The van der Waals surface area contributed by atoms with E-state index in [2.05, 4.69) is 58.3 Å². The average molecular weight is 359 g/mol. The number of rotatable bonds is 5. The highest BCUT2D eigenvalue weighted by atomic mass is 16.5. The Balaban J connectivity index is 1.48. The third-order valence-corrected chi connectivity index (χ3v) is 5.67. The van der Waals surface area contributed by atoms with Gasteiger partial charge in [0.2, 0.25) is 0 Å². The van der Waals surface area contributed by atoms with Crippen molar-refractivity contribution < 1.29 is 4.74 Å². The Bertz CT molecular complexity index is 572. The lowest BCUT2D eigenvalue weighted by Gasteiger charge is -2.32. The number of hydrogen-bond acceptors (Lipinski definition) is 3. The minimum atomic E-state index is 0.616. The van der Waals surface area contributed by atoms with Gasteiger partial charge in [-0.15, -0.1) is 0 Å². The van der Waals surface area contributed by atoms with E-state index in [-0.39, 0.29) is 0 Å². The normalized spacial score (nSPS) is 21.9. The second kappa shape index (κ2) is 9.26. The summed E-state index contributed by atoms with van der Waals surface area (Å²) >= 11 is 0. The zero-order valence-corrected chi connectivity index (χ0v) is 16.6. The maximum atomic E-state index is 5.48. The van der Waals surface area contributed by atoms with Gasteiger partial charge < -0.3 is 19.9 Å². The topological polar surface area (TPSA) is 40.1 Å². The molecule has 144 valence electrons. The Hall–Kier alpha value is -1.75. The Labute approximate surface area is 158 Å². The van der Waals surface area contributed by atoms with Gasteiger partial charge >= 0.3 is 0 Å². The molecule has 3 rings (SSSR count). The van der Waals surface area contributed by atoms with Crippen molar-refractivity contribution in [2.75, 3.05) is 51.8 Å². The van der Waals surface area contributed by atoms with Crippen LogP contribution in [0.15, 0.2) is 29.3 Å². The fraction of sp³-hybridized carbons (Fsp3) is 0.667. The minimum Gasteiger partial charge on any atom is -0.381 e. The number of piperidine rings is 1. The van der Waals surface area contributed by atoms with E-state index in [4.69, 9.17) is 4.74 Å². The lowest BCUT2D eigenvalue weighted by molar-refractivity contribution is 0.181. The van der Waals surface area contributed by atoms with E-state index < -0.39 is 0 Å². The van der Waals surface area contributed by atoms with E-state index in [1.165, 1.54) is 37.2 Å². The Morgan fingerprint density at radius 2 is 1.96 bits per heavy atom. The molecule has 2 aliphatic heterocycles. The second-order valence-electron chi connectivity index (χ2n) is 7.85. The van der Waals surface area contributed by atoms with Gasteiger partial charge in [0, 0.05) is 58.5 Å². The van der Waals surface area contributed by atoms with Crippen LogP contribution in [-0.4, -0.2) is 57.8 Å². The fourth-order valence-corrected chi connectivity index (χ4v) is 3.86. The molecule has 1 N–H and O–H groups in total. The van der Waals surface area contributed by atoms with Crippen LogP contribution in [0.4, 0.5) is 5.69 Å². The third kappa shape index (κ3) is 5.13. The molecular weight excluding hydrogens is 324 g/mol. The lowest BCUT2D eigenvalue weighted by Crippen LogP contribution is -2.41. The van der Waals surface area contributed by atoms with Crippen LogP contribution in [0, 0.1) is 11.8 Å². The van der Waals surface area contributed by atoms with E-state index in [9.17, 15) is 0 Å². The first-order valence-corrected chi connectivity index (χ1v) is 9.99. The summed E-state index contributed by atoms with van der Waals surface area (Å²) < 4.78 is 5.48. The first-order chi connectivity index (χ1) is 12.7. The summed E-state index contributed by atoms with van der Waals surface area (Å²) in [6.07, 6.45) is 3.76. The Kier molecular flexibility index (Phi) is 6.78. The van der Waals surface area contributed by atoms with Gasteiger partial charge in [0.25, 0.3) is 0 Å². The highest BCUT2D eigenvalue weighted by molar-refractivity contribution is 5.79. The summed E-state index contributed by atoms with van der Waals surface area (Å²) in [6.45, 7) is 8.28. The number of anilines is 1. The summed E-state index contributed by atoms with van der Waals surface area (Å²) in [7, 11) is 3.96. The van der Waals surface area contributed by atoms with Crippen molar-refractivity contribution in [3.63, 3.8) is 0 Å². The third-order valence-electron chi connectivity index (χ3n) is 5.67. The number of aliphatic imine (C=N–C) groups is 1. The zero-order valence-electron chi connectivity index (χ0n) is 16.6. The fourth-order valence-electron chi connectivity index (χ4n) is 3.86. The molecule has 2 fully saturated rings. The summed E-state index contributed by atoms with van der Waals surface area (Å²) in [6, 6.07) is 8.99. The van der Waals surface area contributed by atoms with Gasteiger partial charge in [-0.1, -0.05) is 19.1 Å². The maximum Gasteiger partial charge on any atom is 0.193 e. The van der Waals surface area contributed by atoms with Gasteiger partial charge in [0.05, 0.1) is 6.61 Å². The highest BCUT2D eigenvalue weighted by Crippen LogP contribution is 2.23. The van der Waals surface area contributed by atoms with Crippen LogP contribution in [0.5, 0.6) is 0 Å². The first kappa shape index (κ1) is 19.0. The first-order valence-electron chi connectivity index (χ1n) is 9.99. The van der Waals surface area contributed by atoms with Crippen LogP contribution in [0.25, 0.3) is 0 Å². The summed E-state index contributed by atoms with van der Waals surface area (Å²) in [4.78, 5) is 9.14. The molecule has 5 heteroatoms. The molecule has 2 heterocycles. The minimum absolute atomic E-state index is 0.616. The molecule has 0 aromatic heterocycles. The van der Waals surface area contributed by atoms with Crippen molar-refractivity contribution in [2.24, 2.45) is 16.8 Å². The summed E-state index contributed by atoms with van der Waals surface area (Å²) in [5.74, 6) is 2.44. The molecule has 0 bridgehead atoms. The number of hydrogen-bond donors (Lipinski definition) is 1. The van der Waals surface area contributed by atoms with Crippen LogP contribution < -0.4 is 10.2 Å². The molecule has 1 atom stereocenters. The molecule has 2 saturated heterocycles. The molecule has 1 aromatic rings. The average Bonchev–Trinajstić information content (AvgIpc) is 3.16. The molecule has 0 spiro atoms. The molecule has 2 aliphatic rings. The lowest BCUT2D eigenvalue weighted by atomic mass is 9.99. The summed E-state index contributed by atoms with van der Waals surface area (Å²) in [5, 5.41) is 3.49. The van der Waals surface area contributed by atoms with Crippen LogP contribution in [0.2, 0.25) is 0 Å². The molecule has 26 heavy (non-hydrogen) atoms. The highest BCUT2D eigenvalue weighted by Gasteiger charge is 2.19. The molecule has 5 nitrogen and oxygen atoms in total. The Morgan fingerprint density at radius 1 is 1.23 bits per heavy atom. The number of nitrogens with zero attached hydrogens (tertiary/aromatic N) is 3. The number of nitrogens with one attached hydrogen (secondary N) is 1. The SMILES string of the molecule is CN=C(NCc1ccc(N2CCC(C)CC2)cc1)N(C)CC1CCOC1. The van der Waals surface area contributed by atoms with Gasteiger partial charge in [-0.05, 0) is 42.9 Å². The molecule has 0 radical (unpaired) electrons. The van der Waals surface area contributed by atoms with E-state index >= 15 is 0 Å². The predicted octanol–water partition coefficient (Wildman–Crippen LogP) is 2.97. The van der Waals surface area contributed by atoms with E-state index in [1.807, 2.05) is 7.05 Å². The molecule has 0 aliphatic carbocycles. The standard InChI is InChI=1S/C21H34N4O/c1-17-8-11-25(12-9-17)20-6-4-18(5-7-20)14-23-21(22-2)24(3)15-19-10-13-26-16-19/h4-7,17,19H,8-16H2,1-3H3,(H,22,23). The van der Waals surface area contributed by atoms with Gasteiger partial charge in [0.1, 0.15) is 0 Å². The smallest absolute Gasteiger partial charge is 0.193 e. The molecule has 0 amide bonds. The zero-order chi connectivity index (χ0) is 18.4. The number of guanidine groups is 1. The largest absolute Gasteiger partial charge is 0.381 e. The predicted molar refractivity (Wildman–Crippen MR) is 109 cm³/mol. The van der Waals surface area contributed by atoms with Crippen molar-refractivity contribution >= 4 is 11.6 Å². The van der Waals surface area contributed by atoms with Crippen molar-refractivity contribution in [2.45, 2.75) is 32.7 Å².